The lowest BCUT2D eigenvalue weighted by atomic mass is 10.1. The van der Waals surface area contributed by atoms with Crippen LogP contribution in [-0.4, -0.2) is 56.2 Å². The van der Waals surface area contributed by atoms with Crippen molar-refractivity contribution in [3.63, 3.8) is 0 Å². The Labute approximate surface area is 185 Å². The van der Waals surface area contributed by atoms with Crippen molar-refractivity contribution in [3.05, 3.63) is 48.0 Å². The highest BCUT2D eigenvalue weighted by Crippen LogP contribution is 2.27. The molecule has 1 aromatic carbocycles. The largest absolute Gasteiger partial charge is 0.490 e. The summed E-state index contributed by atoms with van der Waals surface area (Å²) in [5, 5.41) is 25.4. The average molecular weight is 466 g/mol. The SMILES string of the molecule is Cc1onc(-c2ccccc2)c1C(=O)Nc1nncn1C1CCNCC1.O=C(O)C(F)(F)F. The van der Waals surface area contributed by atoms with Gasteiger partial charge in [0.15, 0.2) is 0 Å². The summed E-state index contributed by atoms with van der Waals surface area (Å²) in [5.74, 6) is -2.14. The topological polar surface area (TPSA) is 135 Å². The highest BCUT2D eigenvalue weighted by molar-refractivity contribution is 6.08. The van der Waals surface area contributed by atoms with Crippen LogP contribution in [0, 0.1) is 6.92 Å². The molecule has 0 atom stereocenters. The van der Waals surface area contributed by atoms with E-state index >= 15 is 0 Å². The summed E-state index contributed by atoms with van der Waals surface area (Å²) in [6.07, 6.45) is -1.46. The standard InChI is InChI=1S/C18H20N6O2.C2HF3O2/c1-12-15(16(23-26-12)13-5-3-2-4-6-13)17(25)21-18-22-20-11-24(18)14-7-9-19-10-8-14;3-2(4,5)1(6)7/h2-6,11,14,19H,7-10H2,1H3,(H,21,22,25);(H,6,7). The number of aryl methyl sites for hydroxylation is 1. The van der Waals surface area contributed by atoms with Crippen LogP contribution in [0.15, 0.2) is 41.2 Å². The Balaban J connectivity index is 0.000000383. The summed E-state index contributed by atoms with van der Waals surface area (Å²) >= 11 is 0. The monoisotopic (exact) mass is 466 g/mol. The summed E-state index contributed by atoms with van der Waals surface area (Å²) in [4.78, 5) is 21.8. The number of piperidine rings is 1. The van der Waals surface area contributed by atoms with Crippen LogP contribution in [0.5, 0.6) is 0 Å². The number of benzene rings is 1. The Morgan fingerprint density at radius 1 is 1.21 bits per heavy atom. The number of carbonyl (C=O) groups is 2. The zero-order valence-corrected chi connectivity index (χ0v) is 17.5. The molecule has 0 radical (unpaired) electrons. The van der Waals surface area contributed by atoms with E-state index in [9.17, 15) is 18.0 Å². The van der Waals surface area contributed by atoms with Gasteiger partial charge >= 0.3 is 12.1 Å². The van der Waals surface area contributed by atoms with Crippen LogP contribution in [0.2, 0.25) is 0 Å². The number of carboxylic acids is 1. The molecule has 1 fully saturated rings. The maximum Gasteiger partial charge on any atom is 0.490 e. The number of halogens is 3. The quantitative estimate of drug-likeness (QED) is 0.534. The van der Waals surface area contributed by atoms with Crippen molar-refractivity contribution < 1.29 is 32.4 Å². The van der Waals surface area contributed by atoms with E-state index in [0.29, 0.717) is 23.0 Å². The molecular weight excluding hydrogens is 445 g/mol. The summed E-state index contributed by atoms with van der Waals surface area (Å²) in [7, 11) is 0. The molecule has 33 heavy (non-hydrogen) atoms. The van der Waals surface area contributed by atoms with Crippen LogP contribution in [0.1, 0.15) is 35.0 Å². The third-order valence-electron chi connectivity index (χ3n) is 4.88. The van der Waals surface area contributed by atoms with Gasteiger partial charge in [-0.2, -0.15) is 13.2 Å². The van der Waals surface area contributed by atoms with E-state index in [0.717, 1.165) is 31.5 Å². The molecule has 0 aliphatic carbocycles. The Hall–Kier alpha value is -3.74. The molecule has 0 saturated carbocycles. The summed E-state index contributed by atoms with van der Waals surface area (Å²) in [6.45, 7) is 3.62. The number of aliphatic carboxylic acids is 1. The fourth-order valence-corrected chi connectivity index (χ4v) is 3.28. The first kappa shape index (κ1) is 23.9. The van der Waals surface area contributed by atoms with Crippen molar-refractivity contribution >= 4 is 17.8 Å². The lowest BCUT2D eigenvalue weighted by Crippen LogP contribution is -2.30. The van der Waals surface area contributed by atoms with Crippen molar-refractivity contribution in [3.8, 4) is 11.3 Å². The van der Waals surface area contributed by atoms with Crippen LogP contribution >= 0.6 is 0 Å². The first-order valence-electron chi connectivity index (χ1n) is 9.92. The van der Waals surface area contributed by atoms with E-state index in [2.05, 4.69) is 26.0 Å². The molecule has 0 unspecified atom stereocenters. The second kappa shape index (κ2) is 10.3. The predicted molar refractivity (Wildman–Crippen MR) is 109 cm³/mol. The number of alkyl halides is 3. The maximum atomic E-state index is 12.9. The van der Waals surface area contributed by atoms with E-state index in [1.807, 2.05) is 34.9 Å². The van der Waals surface area contributed by atoms with Crippen molar-refractivity contribution in [2.45, 2.75) is 32.0 Å². The Morgan fingerprint density at radius 3 is 2.45 bits per heavy atom. The van der Waals surface area contributed by atoms with Gasteiger partial charge < -0.3 is 14.9 Å². The minimum absolute atomic E-state index is 0.277. The fourth-order valence-electron chi connectivity index (χ4n) is 3.28. The van der Waals surface area contributed by atoms with Gasteiger partial charge in [0.1, 0.15) is 23.3 Å². The molecule has 3 N–H and O–H groups in total. The maximum absolute atomic E-state index is 12.9. The normalized spacial score (nSPS) is 14.3. The predicted octanol–water partition coefficient (Wildman–Crippen LogP) is 3.05. The number of carbonyl (C=O) groups excluding carboxylic acids is 1. The van der Waals surface area contributed by atoms with Crippen molar-refractivity contribution in [1.29, 1.82) is 0 Å². The van der Waals surface area contributed by atoms with Crippen molar-refractivity contribution in [2.75, 3.05) is 18.4 Å². The number of hydrogen-bond acceptors (Lipinski definition) is 7. The Kier molecular flexibility index (Phi) is 7.43. The molecule has 2 aromatic heterocycles. The Bertz CT molecular complexity index is 1090. The minimum Gasteiger partial charge on any atom is -0.475 e. The molecule has 0 spiro atoms. The number of nitrogens with one attached hydrogen (secondary N) is 2. The highest BCUT2D eigenvalue weighted by Gasteiger charge is 2.38. The van der Waals surface area contributed by atoms with E-state index in [1.165, 1.54) is 0 Å². The molecule has 3 aromatic rings. The number of rotatable bonds is 4. The molecule has 176 valence electrons. The van der Waals surface area contributed by atoms with Crippen LogP contribution in [0.4, 0.5) is 19.1 Å². The van der Waals surface area contributed by atoms with E-state index < -0.39 is 12.1 Å². The van der Waals surface area contributed by atoms with E-state index in [-0.39, 0.29) is 11.9 Å². The van der Waals surface area contributed by atoms with Crippen LogP contribution in [-0.2, 0) is 4.79 Å². The first-order valence-corrected chi connectivity index (χ1v) is 9.92. The lowest BCUT2D eigenvalue weighted by Gasteiger charge is -2.24. The van der Waals surface area contributed by atoms with Gasteiger partial charge in [0.2, 0.25) is 5.95 Å². The third kappa shape index (κ3) is 5.94. The molecule has 1 aliphatic heterocycles. The smallest absolute Gasteiger partial charge is 0.475 e. The van der Waals surface area contributed by atoms with Gasteiger partial charge in [-0.1, -0.05) is 35.5 Å². The second-order valence-electron chi connectivity index (χ2n) is 7.13. The molecule has 1 aliphatic rings. The van der Waals surface area contributed by atoms with Gasteiger partial charge in [0.05, 0.1) is 0 Å². The number of amides is 1. The van der Waals surface area contributed by atoms with Gasteiger partial charge in [-0.05, 0) is 32.9 Å². The van der Waals surface area contributed by atoms with Gasteiger partial charge in [0, 0.05) is 11.6 Å². The summed E-state index contributed by atoms with van der Waals surface area (Å²) in [6, 6.07) is 9.78. The van der Waals surface area contributed by atoms with E-state index in [4.69, 9.17) is 14.4 Å². The number of anilines is 1. The molecule has 4 rings (SSSR count). The number of hydrogen-bond donors (Lipinski definition) is 3. The Morgan fingerprint density at radius 2 is 1.85 bits per heavy atom. The average Bonchev–Trinajstić information content (AvgIpc) is 3.41. The number of nitrogens with zero attached hydrogens (tertiary/aromatic N) is 4. The first-order chi connectivity index (χ1) is 15.7. The van der Waals surface area contributed by atoms with Gasteiger partial charge in [-0.25, -0.2) is 4.79 Å². The van der Waals surface area contributed by atoms with Crippen LogP contribution in [0.3, 0.4) is 0 Å². The van der Waals surface area contributed by atoms with Gasteiger partial charge in [-0.3, -0.25) is 14.7 Å². The molecule has 0 bridgehead atoms. The highest BCUT2D eigenvalue weighted by atomic mass is 19.4. The molecule has 1 saturated heterocycles. The summed E-state index contributed by atoms with van der Waals surface area (Å²) < 4.78 is 38.9. The minimum atomic E-state index is -5.08. The molecule has 1 amide bonds. The summed E-state index contributed by atoms with van der Waals surface area (Å²) in [5.41, 5.74) is 1.76. The number of aromatic nitrogens is 4. The third-order valence-corrected chi connectivity index (χ3v) is 4.88. The zero-order chi connectivity index (χ0) is 24.0. The molecule has 13 heteroatoms. The van der Waals surface area contributed by atoms with Crippen molar-refractivity contribution in [1.82, 2.24) is 25.2 Å². The van der Waals surface area contributed by atoms with E-state index in [1.54, 1.807) is 13.3 Å². The zero-order valence-electron chi connectivity index (χ0n) is 17.5. The number of carboxylic acid groups (broad SMARTS) is 1. The molecule has 3 heterocycles. The van der Waals surface area contributed by atoms with Gasteiger partial charge in [-0.15, -0.1) is 10.2 Å². The van der Waals surface area contributed by atoms with Gasteiger partial charge in [0.25, 0.3) is 5.91 Å². The van der Waals surface area contributed by atoms with Crippen LogP contribution in [0.25, 0.3) is 11.3 Å². The van der Waals surface area contributed by atoms with Crippen LogP contribution < -0.4 is 10.6 Å². The lowest BCUT2D eigenvalue weighted by molar-refractivity contribution is -0.192. The fraction of sp³-hybridized carbons (Fsp3) is 0.350. The molecule has 10 nitrogen and oxygen atoms in total. The molecular formula is C20H21F3N6O4. The van der Waals surface area contributed by atoms with Crippen molar-refractivity contribution in [2.24, 2.45) is 0 Å². The second-order valence-corrected chi connectivity index (χ2v) is 7.13.